The molecule has 0 atom stereocenters. The van der Waals surface area contributed by atoms with Gasteiger partial charge in [-0.3, -0.25) is 9.35 Å². The zero-order chi connectivity index (χ0) is 26.9. The molecule has 0 spiro atoms. The van der Waals surface area contributed by atoms with Crippen molar-refractivity contribution in [3.8, 4) is 11.5 Å². The van der Waals surface area contributed by atoms with E-state index in [4.69, 9.17) is 27.9 Å². The van der Waals surface area contributed by atoms with Crippen LogP contribution in [0.2, 0.25) is 10.0 Å². The van der Waals surface area contributed by atoms with Gasteiger partial charge in [0.15, 0.2) is 0 Å². The van der Waals surface area contributed by atoms with Crippen molar-refractivity contribution in [3.05, 3.63) is 81.8 Å². The van der Waals surface area contributed by atoms with Crippen LogP contribution in [0.3, 0.4) is 0 Å². The van der Waals surface area contributed by atoms with Crippen molar-refractivity contribution in [2.24, 2.45) is 10.2 Å². The summed E-state index contributed by atoms with van der Waals surface area (Å²) in [6, 6.07) is 15.3. The Morgan fingerprint density at radius 3 is 2.34 bits per heavy atom. The number of carbonyl (C=O) groups is 1. The van der Waals surface area contributed by atoms with E-state index in [1.165, 1.54) is 26.2 Å². The van der Waals surface area contributed by atoms with Crippen LogP contribution in [-0.4, -0.2) is 26.0 Å². The molecule has 4 aromatic rings. The number of hydrogen-bond acceptors (Lipinski definition) is 7. The van der Waals surface area contributed by atoms with E-state index >= 15 is 0 Å². The molecule has 0 radical (unpaired) electrons. The summed E-state index contributed by atoms with van der Waals surface area (Å²) >= 11 is 12.4. The molecule has 0 aliphatic carbocycles. The molecule has 0 fully saturated rings. The van der Waals surface area contributed by atoms with Gasteiger partial charge in [-0.1, -0.05) is 59.3 Å². The number of para-hydroxylation sites is 1. The number of halogens is 2. The van der Waals surface area contributed by atoms with E-state index in [0.717, 1.165) is 6.07 Å². The zero-order valence-electron chi connectivity index (χ0n) is 20.3. The van der Waals surface area contributed by atoms with Gasteiger partial charge >= 0.3 is 29.6 Å². The Balaban J connectivity index is 0.00000400. The Morgan fingerprint density at radius 2 is 1.68 bits per heavy atom. The minimum absolute atomic E-state index is 0. The standard InChI is InChI=1S/C25H19Cl2N3O6S.Na/c1-13-10-15(37(33,34)35)12-19(27)21(13)29-30-22-16-7-4-3-6-14(16)11-17(24(22)31)25(32)28-23-18(26)8-5-9-20(23)36-2;/h3-12,31H,1-2H3,(H,28,32)(H,33,34,35);/q;+1/p-1. The fourth-order valence-electron chi connectivity index (χ4n) is 3.63. The maximum absolute atomic E-state index is 13.4. The minimum atomic E-state index is -4.49. The molecule has 0 aliphatic rings. The third-order valence-electron chi connectivity index (χ3n) is 5.43. The molecule has 4 rings (SSSR count). The van der Waals surface area contributed by atoms with Crippen molar-refractivity contribution in [3.63, 3.8) is 0 Å². The summed E-state index contributed by atoms with van der Waals surface area (Å²) in [5.41, 5.74) is 0.255. The number of nitrogens with zero attached hydrogens (tertiary/aromatic N) is 2. The number of hydrogen-bond donors (Lipinski definition) is 2. The van der Waals surface area contributed by atoms with Crippen molar-refractivity contribution in [2.75, 3.05) is 12.4 Å². The SMILES string of the molecule is COc1cccc(Cl)c1NC(=O)c1cc2ccccc2c(N=Nc2c(C)cc(S(=O)(=O)O)cc2Cl)c1[O-].[Na+]. The summed E-state index contributed by atoms with van der Waals surface area (Å²) in [6.45, 7) is 1.52. The van der Waals surface area contributed by atoms with Gasteiger partial charge in [0.1, 0.15) is 17.1 Å². The molecule has 0 aliphatic heterocycles. The summed E-state index contributed by atoms with van der Waals surface area (Å²) in [7, 11) is -3.06. The molecule has 0 saturated heterocycles. The quantitative estimate of drug-likeness (QED) is 0.203. The number of nitrogens with one attached hydrogen (secondary N) is 1. The van der Waals surface area contributed by atoms with E-state index in [9.17, 15) is 22.9 Å². The number of methoxy groups -OCH3 is 1. The van der Waals surface area contributed by atoms with Crippen LogP contribution < -0.4 is 44.7 Å². The molecule has 0 unspecified atom stereocenters. The van der Waals surface area contributed by atoms with Crippen LogP contribution in [0, 0.1) is 6.92 Å². The molecule has 0 saturated carbocycles. The minimum Gasteiger partial charge on any atom is -0.870 e. The van der Waals surface area contributed by atoms with Crippen LogP contribution in [0.5, 0.6) is 11.5 Å². The van der Waals surface area contributed by atoms with Gasteiger partial charge in [-0.25, -0.2) is 0 Å². The number of anilines is 1. The second-order valence-electron chi connectivity index (χ2n) is 7.84. The summed E-state index contributed by atoms with van der Waals surface area (Å²) in [4.78, 5) is 12.8. The number of ether oxygens (including phenoxy) is 1. The molecule has 0 bridgehead atoms. The molecule has 13 heteroatoms. The fraction of sp³-hybridized carbons (Fsp3) is 0.0800. The number of fused-ring (bicyclic) bond motifs is 1. The summed E-state index contributed by atoms with van der Waals surface area (Å²) < 4.78 is 37.5. The van der Waals surface area contributed by atoms with Crippen molar-refractivity contribution in [1.29, 1.82) is 0 Å². The Morgan fingerprint density at radius 1 is 1.00 bits per heavy atom. The van der Waals surface area contributed by atoms with Crippen molar-refractivity contribution in [1.82, 2.24) is 0 Å². The average Bonchev–Trinajstić information content (AvgIpc) is 2.84. The molecular weight excluding hydrogens is 564 g/mol. The van der Waals surface area contributed by atoms with Crippen molar-refractivity contribution in [2.45, 2.75) is 11.8 Å². The fourth-order valence-corrected chi connectivity index (χ4v) is 4.81. The number of aryl methyl sites for hydroxylation is 1. The van der Waals surface area contributed by atoms with Crippen LogP contribution in [0.1, 0.15) is 15.9 Å². The van der Waals surface area contributed by atoms with Gasteiger partial charge in [0, 0.05) is 10.9 Å². The van der Waals surface area contributed by atoms with Crippen LogP contribution >= 0.6 is 23.2 Å². The first-order valence-corrected chi connectivity index (χ1v) is 12.8. The maximum atomic E-state index is 13.4. The first-order chi connectivity index (χ1) is 17.5. The molecule has 2 N–H and O–H groups in total. The third kappa shape index (κ3) is 6.13. The predicted molar refractivity (Wildman–Crippen MR) is 140 cm³/mol. The Bertz CT molecular complexity index is 1670. The van der Waals surface area contributed by atoms with Crippen LogP contribution in [-0.2, 0) is 10.1 Å². The number of azo groups is 1. The monoisotopic (exact) mass is 581 g/mol. The third-order valence-corrected chi connectivity index (χ3v) is 6.86. The first-order valence-electron chi connectivity index (χ1n) is 10.6. The largest absolute Gasteiger partial charge is 1.00 e. The molecule has 190 valence electrons. The van der Waals surface area contributed by atoms with E-state index in [-0.39, 0.29) is 62.2 Å². The molecule has 38 heavy (non-hydrogen) atoms. The van der Waals surface area contributed by atoms with Gasteiger partial charge in [-0.15, -0.1) is 5.11 Å². The summed E-state index contributed by atoms with van der Waals surface area (Å²) in [5, 5.41) is 25.3. The normalized spacial score (nSPS) is 11.4. The Labute approximate surface area is 250 Å². The molecule has 4 aromatic carbocycles. The predicted octanol–water partition coefficient (Wildman–Crippen LogP) is 3.46. The molecule has 9 nitrogen and oxygen atoms in total. The topological polar surface area (TPSA) is 140 Å². The van der Waals surface area contributed by atoms with Gasteiger partial charge in [-0.05, 0) is 48.2 Å². The molecular formula is C25H18Cl2N3NaO6S. The van der Waals surface area contributed by atoms with E-state index in [1.54, 1.807) is 42.5 Å². The first kappa shape index (κ1) is 29.9. The van der Waals surface area contributed by atoms with E-state index < -0.39 is 26.7 Å². The maximum Gasteiger partial charge on any atom is 1.00 e. The average molecular weight is 582 g/mol. The van der Waals surface area contributed by atoms with Gasteiger partial charge < -0.3 is 15.2 Å². The second kappa shape index (κ2) is 12.0. The molecule has 1 amide bonds. The van der Waals surface area contributed by atoms with Gasteiger partial charge in [0.25, 0.3) is 16.0 Å². The van der Waals surface area contributed by atoms with Crippen molar-refractivity contribution < 1.29 is 57.2 Å². The number of rotatable bonds is 6. The number of amides is 1. The smallest absolute Gasteiger partial charge is 0.870 e. The van der Waals surface area contributed by atoms with Gasteiger partial charge in [0.2, 0.25) is 0 Å². The summed E-state index contributed by atoms with van der Waals surface area (Å²) in [5.74, 6) is -1.12. The van der Waals surface area contributed by atoms with E-state index in [1.807, 2.05) is 0 Å². The van der Waals surface area contributed by atoms with Crippen LogP contribution in [0.4, 0.5) is 17.1 Å². The Kier molecular flexibility index (Phi) is 9.43. The number of benzene rings is 4. The van der Waals surface area contributed by atoms with Gasteiger partial charge in [-0.2, -0.15) is 13.5 Å². The van der Waals surface area contributed by atoms with Crippen LogP contribution in [0.15, 0.2) is 75.8 Å². The van der Waals surface area contributed by atoms with Gasteiger partial charge in [0.05, 0.1) is 27.7 Å². The second-order valence-corrected chi connectivity index (χ2v) is 10.1. The Hall–Kier alpha value is -2.70. The van der Waals surface area contributed by atoms with Crippen LogP contribution in [0.25, 0.3) is 10.8 Å². The van der Waals surface area contributed by atoms with E-state index in [0.29, 0.717) is 22.1 Å². The molecule has 0 heterocycles. The molecule has 0 aromatic heterocycles. The zero-order valence-corrected chi connectivity index (χ0v) is 24.6. The number of carbonyl (C=O) groups excluding carboxylic acids is 1. The summed E-state index contributed by atoms with van der Waals surface area (Å²) in [6.07, 6.45) is 0. The van der Waals surface area contributed by atoms with Crippen molar-refractivity contribution >= 4 is 67.1 Å². The van der Waals surface area contributed by atoms with E-state index in [2.05, 4.69) is 15.5 Å².